The van der Waals surface area contributed by atoms with Gasteiger partial charge in [-0.25, -0.2) is 9.59 Å². The zero-order valence-corrected chi connectivity index (χ0v) is 18.7. The Balaban J connectivity index is 1.38. The molecule has 34 heavy (non-hydrogen) atoms. The average molecular weight is 474 g/mol. The predicted octanol–water partition coefficient (Wildman–Crippen LogP) is 5.22. The minimum atomic E-state index is -4.49. The first-order valence-corrected chi connectivity index (χ1v) is 11.1. The number of ether oxygens (including phenoxy) is 2. The third kappa shape index (κ3) is 4.45. The van der Waals surface area contributed by atoms with E-state index in [4.69, 9.17) is 9.47 Å². The Morgan fingerprint density at radius 3 is 2.50 bits per heavy atom. The monoisotopic (exact) mass is 474 g/mol. The molecule has 3 aliphatic rings. The third-order valence-electron chi connectivity index (χ3n) is 7.38. The number of hydrogen-bond donors (Lipinski definition) is 0. The van der Waals surface area contributed by atoms with E-state index in [0.717, 1.165) is 48.4 Å². The Bertz CT molecular complexity index is 1080. The van der Waals surface area contributed by atoms with Gasteiger partial charge < -0.3 is 9.47 Å². The third-order valence-corrected chi connectivity index (χ3v) is 7.38. The molecule has 0 amide bonds. The summed E-state index contributed by atoms with van der Waals surface area (Å²) in [4.78, 5) is 36.5. The molecule has 5 atom stereocenters. The van der Waals surface area contributed by atoms with Crippen molar-refractivity contribution < 1.29 is 37.0 Å². The highest BCUT2D eigenvalue weighted by Gasteiger charge is 2.54. The van der Waals surface area contributed by atoms with Gasteiger partial charge in [0.05, 0.1) is 5.56 Å². The molecule has 0 unspecified atom stereocenters. The minimum Gasteiger partial charge on any atom is -0.458 e. The molecule has 0 N–H and O–H groups in total. The number of carbonyl (C=O) groups excluding carboxylic acids is 3. The molecule has 0 spiro atoms. The number of halogens is 3. The SMILES string of the molecule is C=C1C(=O)O[C@@H]2C[C@@]3(C)CC[C@@H](OC(=O)/C=C/C(=O)c4ccc(C(F)(F)F)cc4)C(=C)[C@@H]3C[C@H]12. The zero-order chi connectivity index (χ0) is 24.8. The standard InChI is InChI=1S/C26H25F3O5/c1-14-18-12-19-15(2)21(10-11-25(19,3)13-22(18)34-24(14)32)33-23(31)9-8-20(30)16-4-6-17(7-5-16)26(27,28)29/h4-9,18-19,21-22H,1-2,10-13H2,3H3/b9-8+/t18-,19+,21-,22-,25-/m1/s1. The van der Waals surface area contributed by atoms with Crippen molar-refractivity contribution in [1.29, 1.82) is 0 Å². The van der Waals surface area contributed by atoms with E-state index in [2.05, 4.69) is 20.1 Å². The van der Waals surface area contributed by atoms with Gasteiger partial charge in [-0.3, -0.25) is 4.79 Å². The highest BCUT2D eigenvalue weighted by Crippen LogP contribution is 2.57. The maximum absolute atomic E-state index is 12.7. The summed E-state index contributed by atoms with van der Waals surface area (Å²) in [7, 11) is 0. The zero-order valence-electron chi connectivity index (χ0n) is 18.7. The van der Waals surface area contributed by atoms with E-state index in [9.17, 15) is 27.6 Å². The number of fused-ring (bicyclic) bond motifs is 2. The number of hydrogen-bond acceptors (Lipinski definition) is 5. The van der Waals surface area contributed by atoms with Gasteiger partial charge in [0.15, 0.2) is 5.78 Å². The Hall–Kier alpha value is -3.16. The molecule has 0 radical (unpaired) electrons. The van der Waals surface area contributed by atoms with Gasteiger partial charge in [0, 0.05) is 23.1 Å². The lowest BCUT2D eigenvalue weighted by atomic mass is 9.55. The van der Waals surface area contributed by atoms with Crippen molar-refractivity contribution in [2.75, 3.05) is 0 Å². The number of ketones is 1. The van der Waals surface area contributed by atoms with E-state index in [1.807, 2.05) is 0 Å². The van der Waals surface area contributed by atoms with Crippen LogP contribution in [0.5, 0.6) is 0 Å². The van der Waals surface area contributed by atoms with Crippen molar-refractivity contribution in [3.63, 3.8) is 0 Å². The molecule has 1 aromatic rings. The fraction of sp³-hybridized carbons (Fsp3) is 0.423. The summed E-state index contributed by atoms with van der Waals surface area (Å²) in [6.45, 7) is 10.2. The summed E-state index contributed by atoms with van der Waals surface area (Å²) in [5, 5.41) is 0. The highest BCUT2D eigenvalue weighted by molar-refractivity contribution is 6.07. The van der Waals surface area contributed by atoms with Gasteiger partial charge in [0.1, 0.15) is 12.2 Å². The van der Waals surface area contributed by atoms with Crippen molar-refractivity contribution in [3.05, 3.63) is 71.8 Å². The first-order chi connectivity index (χ1) is 15.9. The van der Waals surface area contributed by atoms with E-state index >= 15 is 0 Å². The number of benzene rings is 1. The van der Waals surface area contributed by atoms with Crippen molar-refractivity contribution in [1.82, 2.24) is 0 Å². The van der Waals surface area contributed by atoms with Gasteiger partial charge in [-0.05, 0) is 60.8 Å². The van der Waals surface area contributed by atoms with Crippen molar-refractivity contribution in [2.45, 2.75) is 51.0 Å². The second-order valence-corrected chi connectivity index (χ2v) is 9.53. The van der Waals surface area contributed by atoms with E-state index in [1.54, 1.807) is 0 Å². The molecule has 1 heterocycles. The second kappa shape index (κ2) is 8.56. The maximum Gasteiger partial charge on any atom is 0.416 e. The summed E-state index contributed by atoms with van der Waals surface area (Å²) in [5.41, 5.74) is 0.293. The lowest BCUT2D eigenvalue weighted by molar-refractivity contribution is -0.147. The molecular weight excluding hydrogens is 449 g/mol. The van der Waals surface area contributed by atoms with Crippen LogP contribution in [0.1, 0.15) is 48.5 Å². The molecule has 1 saturated heterocycles. The van der Waals surface area contributed by atoms with E-state index in [-0.39, 0.29) is 34.9 Å². The molecule has 0 aromatic heterocycles. The smallest absolute Gasteiger partial charge is 0.416 e. The normalized spacial score (nSPS) is 31.1. The topological polar surface area (TPSA) is 69.7 Å². The van der Waals surface area contributed by atoms with Crippen LogP contribution in [0, 0.1) is 17.3 Å². The molecule has 1 aliphatic heterocycles. The lowest BCUT2D eigenvalue weighted by Gasteiger charge is -2.51. The van der Waals surface area contributed by atoms with Crippen LogP contribution in [0.2, 0.25) is 0 Å². The van der Waals surface area contributed by atoms with Crippen molar-refractivity contribution in [3.8, 4) is 0 Å². The Kier molecular flexibility index (Phi) is 6.04. The molecule has 2 aliphatic carbocycles. The summed E-state index contributed by atoms with van der Waals surface area (Å²) in [6.07, 6.45) is -0.561. The van der Waals surface area contributed by atoms with Crippen LogP contribution in [0.15, 0.2) is 60.7 Å². The summed E-state index contributed by atoms with van der Waals surface area (Å²) >= 11 is 0. The van der Waals surface area contributed by atoms with E-state index in [0.29, 0.717) is 24.8 Å². The number of carbonyl (C=O) groups is 3. The fourth-order valence-corrected chi connectivity index (χ4v) is 5.41. The summed E-state index contributed by atoms with van der Waals surface area (Å²) in [5.74, 6) is -1.73. The van der Waals surface area contributed by atoms with Crippen LogP contribution >= 0.6 is 0 Å². The first-order valence-electron chi connectivity index (χ1n) is 11.1. The predicted molar refractivity (Wildman–Crippen MR) is 117 cm³/mol. The number of esters is 2. The Morgan fingerprint density at radius 2 is 1.85 bits per heavy atom. The molecule has 4 rings (SSSR count). The van der Waals surface area contributed by atoms with Gasteiger partial charge >= 0.3 is 18.1 Å². The number of rotatable bonds is 4. The number of alkyl halides is 3. The molecule has 3 fully saturated rings. The van der Waals surface area contributed by atoms with Gasteiger partial charge in [-0.1, -0.05) is 32.2 Å². The first kappa shape index (κ1) is 24.0. The molecular formula is C26H25F3O5. The van der Waals surface area contributed by atoms with Crippen LogP contribution in [0.25, 0.3) is 0 Å². The van der Waals surface area contributed by atoms with Crippen LogP contribution in [-0.2, 0) is 25.2 Å². The summed E-state index contributed by atoms with van der Waals surface area (Å²) in [6, 6.07) is 3.75. The van der Waals surface area contributed by atoms with Gasteiger partial charge in [-0.2, -0.15) is 13.2 Å². The van der Waals surface area contributed by atoms with E-state index < -0.39 is 29.6 Å². The van der Waals surface area contributed by atoms with Gasteiger partial charge in [0.2, 0.25) is 0 Å². The molecule has 1 aromatic carbocycles. The average Bonchev–Trinajstić information content (AvgIpc) is 3.04. The van der Waals surface area contributed by atoms with Gasteiger partial charge in [0.25, 0.3) is 0 Å². The van der Waals surface area contributed by atoms with Gasteiger partial charge in [-0.15, -0.1) is 0 Å². The molecule has 180 valence electrons. The maximum atomic E-state index is 12.7. The Labute approximate surface area is 195 Å². The molecule has 0 bridgehead atoms. The summed E-state index contributed by atoms with van der Waals surface area (Å²) < 4.78 is 49.0. The molecule has 2 saturated carbocycles. The molecule has 8 heteroatoms. The lowest BCUT2D eigenvalue weighted by Crippen LogP contribution is -2.47. The quantitative estimate of drug-likeness (QED) is 0.259. The Morgan fingerprint density at radius 1 is 1.18 bits per heavy atom. The minimum absolute atomic E-state index is 0.0280. The molecule has 5 nitrogen and oxygen atoms in total. The fourth-order valence-electron chi connectivity index (χ4n) is 5.41. The van der Waals surface area contributed by atoms with Crippen LogP contribution < -0.4 is 0 Å². The van der Waals surface area contributed by atoms with Crippen molar-refractivity contribution in [2.24, 2.45) is 17.3 Å². The highest BCUT2D eigenvalue weighted by atomic mass is 19.4. The van der Waals surface area contributed by atoms with Crippen LogP contribution in [0.4, 0.5) is 13.2 Å². The van der Waals surface area contributed by atoms with Crippen LogP contribution in [0.3, 0.4) is 0 Å². The number of allylic oxidation sites excluding steroid dienone is 1. The largest absolute Gasteiger partial charge is 0.458 e. The second-order valence-electron chi connectivity index (χ2n) is 9.53. The van der Waals surface area contributed by atoms with Crippen molar-refractivity contribution >= 4 is 17.7 Å². The van der Waals surface area contributed by atoms with E-state index in [1.165, 1.54) is 0 Å². The van der Waals surface area contributed by atoms with Crippen LogP contribution in [-0.4, -0.2) is 29.9 Å².